The van der Waals surface area contributed by atoms with Crippen LogP contribution in [-0.2, 0) is 16.4 Å². The lowest BCUT2D eigenvalue weighted by Crippen LogP contribution is -2.26. The number of anilines is 1. The number of rotatable bonds is 6. The number of hydrogen-bond acceptors (Lipinski definition) is 4. The minimum atomic E-state index is -3.52. The second-order valence-electron chi connectivity index (χ2n) is 5.02. The van der Waals surface area contributed by atoms with Crippen LogP contribution >= 0.6 is 12.4 Å². The van der Waals surface area contributed by atoms with Crippen molar-refractivity contribution in [1.82, 2.24) is 4.72 Å². The molecule has 5 nitrogen and oxygen atoms in total. The Balaban J connectivity index is 0.00000264. The molecule has 0 spiro atoms. The number of ether oxygens (including phenoxy) is 1. The third kappa shape index (κ3) is 5.13. The summed E-state index contributed by atoms with van der Waals surface area (Å²) in [5.41, 5.74) is 8.12. The predicted molar refractivity (Wildman–Crippen MR) is 94.7 cm³/mol. The maximum absolute atomic E-state index is 12.3. The third-order valence-corrected chi connectivity index (χ3v) is 4.82. The van der Waals surface area contributed by atoms with Crippen molar-refractivity contribution in [3.05, 3.63) is 53.6 Å². The number of nitrogens with two attached hydrogens (primary N) is 1. The summed E-state index contributed by atoms with van der Waals surface area (Å²) in [4.78, 5) is 0.239. The summed E-state index contributed by atoms with van der Waals surface area (Å²) in [6, 6.07) is 12.2. The van der Waals surface area contributed by atoms with Crippen LogP contribution in [0.15, 0.2) is 47.4 Å². The van der Waals surface area contributed by atoms with Gasteiger partial charge >= 0.3 is 0 Å². The van der Waals surface area contributed by atoms with Gasteiger partial charge in [-0.25, -0.2) is 13.1 Å². The number of nitrogens with one attached hydrogen (secondary N) is 1. The van der Waals surface area contributed by atoms with Gasteiger partial charge in [0, 0.05) is 12.2 Å². The lowest BCUT2D eigenvalue weighted by Gasteiger charge is -2.10. The molecule has 0 bridgehead atoms. The lowest BCUT2D eigenvalue weighted by atomic mass is 10.1. The van der Waals surface area contributed by atoms with Crippen LogP contribution in [0, 0.1) is 6.92 Å². The SMILES string of the molecule is COc1ccc(S(=O)(=O)NCCc2ccc(N)cc2)cc1C.Cl. The van der Waals surface area contributed by atoms with E-state index >= 15 is 0 Å². The number of hydrogen-bond donors (Lipinski definition) is 2. The van der Waals surface area contributed by atoms with Gasteiger partial charge < -0.3 is 10.5 Å². The number of methoxy groups -OCH3 is 1. The standard InChI is InChI=1S/C16H20N2O3S.ClH/c1-12-11-15(7-8-16(12)21-2)22(19,20)18-10-9-13-3-5-14(17)6-4-13;/h3-8,11,18H,9-10,17H2,1-2H3;1H. The molecule has 126 valence electrons. The molecular weight excluding hydrogens is 336 g/mol. The number of halogens is 1. The van der Waals surface area contributed by atoms with Gasteiger partial charge in [0.15, 0.2) is 0 Å². The van der Waals surface area contributed by atoms with Gasteiger partial charge in [-0.05, 0) is 54.8 Å². The van der Waals surface area contributed by atoms with Gasteiger partial charge in [0.25, 0.3) is 0 Å². The Bertz CT molecular complexity index is 746. The molecule has 0 unspecified atom stereocenters. The average molecular weight is 357 g/mol. The summed E-state index contributed by atoms with van der Waals surface area (Å²) in [7, 11) is -1.96. The molecule has 0 aliphatic heterocycles. The Kier molecular flexibility index (Phi) is 6.87. The second kappa shape index (κ2) is 8.19. The van der Waals surface area contributed by atoms with E-state index in [4.69, 9.17) is 10.5 Å². The number of nitrogen functional groups attached to an aromatic ring is 1. The van der Waals surface area contributed by atoms with Gasteiger partial charge in [0.1, 0.15) is 5.75 Å². The Morgan fingerprint density at radius 3 is 2.35 bits per heavy atom. The largest absolute Gasteiger partial charge is 0.496 e. The zero-order chi connectivity index (χ0) is 16.2. The van der Waals surface area contributed by atoms with Gasteiger partial charge in [0.2, 0.25) is 10.0 Å². The fourth-order valence-electron chi connectivity index (χ4n) is 2.12. The molecule has 0 saturated heterocycles. The van der Waals surface area contributed by atoms with Crippen LogP contribution in [0.5, 0.6) is 5.75 Å². The van der Waals surface area contributed by atoms with Gasteiger partial charge in [-0.3, -0.25) is 0 Å². The Labute approximate surface area is 143 Å². The van der Waals surface area contributed by atoms with E-state index in [1.165, 1.54) is 6.07 Å². The van der Waals surface area contributed by atoms with E-state index in [0.717, 1.165) is 11.1 Å². The van der Waals surface area contributed by atoms with Crippen molar-refractivity contribution in [3.8, 4) is 5.75 Å². The highest BCUT2D eigenvalue weighted by Gasteiger charge is 2.14. The van der Waals surface area contributed by atoms with Gasteiger partial charge in [-0.15, -0.1) is 12.4 Å². The van der Waals surface area contributed by atoms with E-state index in [9.17, 15) is 8.42 Å². The monoisotopic (exact) mass is 356 g/mol. The molecule has 0 atom stereocenters. The predicted octanol–water partition coefficient (Wildman–Crippen LogP) is 2.53. The molecule has 3 N–H and O–H groups in total. The Hall–Kier alpha value is -1.76. The van der Waals surface area contributed by atoms with E-state index in [0.29, 0.717) is 24.4 Å². The van der Waals surface area contributed by atoms with Crippen LogP contribution < -0.4 is 15.2 Å². The van der Waals surface area contributed by atoms with Crippen molar-refractivity contribution in [1.29, 1.82) is 0 Å². The smallest absolute Gasteiger partial charge is 0.240 e. The maximum Gasteiger partial charge on any atom is 0.240 e. The average Bonchev–Trinajstić information content (AvgIpc) is 2.49. The van der Waals surface area contributed by atoms with Crippen molar-refractivity contribution < 1.29 is 13.2 Å². The fraction of sp³-hybridized carbons (Fsp3) is 0.250. The van der Waals surface area contributed by atoms with E-state index in [2.05, 4.69) is 4.72 Å². The van der Waals surface area contributed by atoms with Crippen LogP contribution in [0.3, 0.4) is 0 Å². The zero-order valence-corrected chi connectivity index (χ0v) is 14.7. The van der Waals surface area contributed by atoms with Crippen molar-refractivity contribution in [2.45, 2.75) is 18.2 Å². The Morgan fingerprint density at radius 1 is 1.13 bits per heavy atom. The molecule has 2 rings (SSSR count). The second-order valence-corrected chi connectivity index (χ2v) is 6.79. The molecule has 7 heteroatoms. The van der Waals surface area contributed by atoms with Crippen molar-refractivity contribution in [3.63, 3.8) is 0 Å². The molecule has 0 aliphatic carbocycles. The molecule has 0 saturated carbocycles. The molecule has 0 heterocycles. The minimum absolute atomic E-state index is 0. The number of aryl methyl sites for hydroxylation is 1. The molecule has 0 radical (unpaired) electrons. The van der Waals surface area contributed by atoms with E-state index in [1.807, 2.05) is 19.1 Å². The minimum Gasteiger partial charge on any atom is -0.496 e. The molecule has 2 aromatic rings. The third-order valence-electron chi connectivity index (χ3n) is 3.36. The first-order valence-corrected chi connectivity index (χ1v) is 8.39. The molecule has 2 aromatic carbocycles. The van der Waals surface area contributed by atoms with Crippen LogP contribution in [0.25, 0.3) is 0 Å². The van der Waals surface area contributed by atoms with Gasteiger partial charge in [-0.2, -0.15) is 0 Å². The first-order chi connectivity index (χ1) is 10.4. The van der Waals surface area contributed by atoms with E-state index < -0.39 is 10.0 Å². The van der Waals surface area contributed by atoms with Crippen LogP contribution in [-0.4, -0.2) is 22.1 Å². The lowest BCUT2D eigenvalue weighted by molar-refractivity contribution is 0.411. The highest BCUT2D eigenvalue weighted by atomic mass is 35.5. The summed E-state index contributed by atoms with van der Waals surface area (Å²) in [5, 5.41) is 0. The summed E-state index contributed by atoms with van der Waals surface area (Å²) in [6.45, 7) is 2.14. The van der Waals surface area contributed by atoms with Crippen molar-refractivity contribution in [2.75, 3.05) is 19.4 Å². The number of sulfonamides is 1. The molecular formula is C16H21ClN2O3S. The van der Waals surface area contributed by atoms with Gasteiger partial charge in [0.05, 0.1) is 12.0 Å². The summed E-state index contributed by atoms with van der Waals surface area (Å²) >= 11 is 0. The highest BCUT2D eigenvalue weighted by Crippen LogP contribution is 2.21. The van der Waals surface area contributed by atoms with Gasteiger partial charge in [-0.1, -0.05) is 12.1 Å². The highest BCUT2D eigenvalue weighted by molar-refractivity contribution is 7.89. The van der Waals surface area contributed by atoms with E-state index in [-0.39, 0.29) is 17.3 Å². The van der Waals surface area contributed by atoms with Crippen LogP contribution in [0.2, 0.25) is 0 Å². The fourth-order valence-corrected chi connectivity index (χ4v) is 3.23. The number of benzene rings is 2. The van der Waals surface area contributed by atoms with Crippen molar-refractivity contribution in [2.24, 2.45) is 0 Å². The van der Waals surface area contributed by atoms with Crippen LogP contribution in [0.1, 0.15) is 11.1 Å². The topological polar surface area (TPSA) is 81.4 Å². The molecule has 0 aromatic heterocycles. The normalized spacial score (nSPS) is 10.9. The molecule has 0 aliphatic rings. The molecule has 0 amide bonds. The summed E-state index contributed by atoms with van der Waals surface area (Å²) in [6.07, 6.45) is 0.606. The van der Waals surface area contributed by atoms with Crippen LogP contribution in [0.4, 0.5) is 5.69 Å². The first-order valence-electron chi connectivity index (χ1n) is 6.91. The zero-order valence-electron chi connectivity index (χ0n) is 13.1. The molecule has 0 fully saturated rings. The summed E-state index contributed by atoms with van der Waals surface area (Å²) < 4.78 is 32.3. The molecule has 23 heavy (non-hydrogen) atoms. The quantitative estimate of drug-likeness (QED) is 0.779. The van der Waals surface area contributed by atoms with Crippen molar-refractivity contribution >= 4 is 28.1 Å². The first kappa shape index (κ1) is 19.3. The van der Waals surface area contributed by atoms with E-state index in [1.54, 1.807) is 31.4 Å². The Morgan fingerprint density at radius 2 is 1.78 bits per heavy atom. The maximum atomic E-state index is 12.3. The summed E-state index contributed by atoms with van der Waals surface area (Å²) in [5.74, 6) is 0.667.